The quantitative estimate of drug-likeness (QED) is 0.716. The smallest absolute Gasteiger partial charge is 0.224 e. The molecule has 1 unspecified atom stereocenters. The molecule has 29 heavy (non-hydrogen) atoms. The summed E-state index contributed by atoms with van der Waals surface area (Å²) in [6.45, 7) is 2.82. The summed E-state index contributed by atoms with van der Waals surface area (Å²) in [6.07, 6.45) is 0. The van der Waals surface area contributed by atoms with Crippen LogP contribution in [0.25, 0.3) is 11.4 Å². The van der Waals surface area contributed by atoms with Gasteiger partial charge in [0.05, 0.1) is 33.7 Å². The number of fused-ring (bicyclic) bond motifs is 1. The Morgan fingerprint density at radius 3 is 2.72 bits per heavy atom. The van der Waals surface area contributed by atoms with E-state index >= 15 is 0 Å². The van der Waals surface area contributed by atoms with Crippen LogP contribution in [-0.2, 0) is 26.1 Å². The molecule has 0 aliphatic carbocycles. The fraction of sp³-hybridized carbons (Fsp3) is 0.389. The Hall–Kier alpha value is -2.33. The number of hydrogen-bond donors (Lipinski definition) is 1. The minimum Gasteiger partial charge on any atom is -0.354 e. The monoisotopic (exact) mass is 442 g/mol. The van der Waals surface area contributed by atoms with Crippen LogP contribution in [0, 0.1) is 17.6 Å². The van der Waals surface area contributed by atoms with Crippen LogP contribution in [0.4, 0.5) is 14.6 Å². The van der Waals surface area contributed by atoms with Crippen molar-refractivity contribution in [3.8, 4) is 11.4 Å². The Kier molecular flexibility index (Phi) is 4.94. The van der Waals surface area contributed by atoms with Gasteiger partial charge in [-0.15, -0.1) is 0 Å². The minimum atomic E-state index is -3.42. The summed E-state index contributed by atoms with van der Waals surface area (Å²) in [5.74, 6) is -2.45. The van der Waals surface area contributed by atoms with E-state index in [1.165, 1.54) is 0 Å². The van der Waals surface area contributed by atoms with Gasteiger partial charge >= 0.3 is 0 Å². The Bertz CT molecular complexity index is 1130. The molecule has 1 atom stereocenters. The van der Waals surface area contributed by atoms with Gasteiger partial charge in [0.2, 0.25) is 5.91 Å². The highest BCUT2D eigenvalue weighted by molar-refractivity contribution is 7.90. The highest BCUT2D eigenvalue weighted by atomic mass is 35.5. The third-order valence-electron chi connectivity index (χ3n) is 4.96. The average molecular weight is 443 g/mol. The molecule has 0 bridgehead atoms. The van der Waals surface area contributed by atoms with E-state index in [0.717, 1.165) is 12.1 Å². The molecule has 2 aliphatic rings. The number of nitrogens with zero attached hydrogens (tertiary/aromatic N) is 3. The van der Waals surface area contributed by atoms with Crippen LogP contribution in [0.1, 0.15) is 18.2 Å². The Labute approximate surface area is 171 Å². The predicted octanol–water partition coefficient (Wildman–Crippen LogP) is 2.08. The van der Waals surface area contributed by atoms with Crippen molar-refractivity contribution in [2.75, 3.05) is 24.5 Å². The molecule has 1 aromatic heterocycles. The van der Waals surface area contributed by atoms with Gasteiger partial charge in [0.1, 0.15) is 17.5 Å². The van der Waals surface area contributed by atoms with Crippen molar-refractivity contribution in [2.24, 2.45) is 5.92 Å². The molecule has 2 aromatic rings. The van der Waals surface area contributed by atoms with E-state index in [0.29, 0.717) is 31.0 Å². The van der Waals surface area contributed by atoms with E-state index in [4.69, 9.17) is 11.6 Å². The second-order valence-corrected chi connectivity index (χ2v) is 9.68. The molecule has 1 saturated heterocycles. The molecule has 1 fully saturated rings. The number of amides is 1. The molecular formula is C18H17ClF2N4O3S. The molecule has 1 N–H and O–H groups in total. The number of carbonyl (C=O) groups excluding carboxylic acids is 1. The van der Waals surface area contributed by atoms with Crippen LogP contribution in [0.2, 0.25) is 5.02 Å². The maximum Gasteiger partial charge on any atom is 0.224 e. The number of anilines is 1. The Balaban J connectivity index is 1.87. The molecule has 0 radical (unpaired) electrons. The lowest BCUT2D eigenvalue weighted by Crippen LogP contribution is -2.31. The predicted molar refractivity (Wildman–Crippen MR) is 103 cm³/mol. The van der Waals surface area contributed by atoms with E-state index < -0.39 is 21.5 Å². The van der Waals surface area contributed by atoms with Gasteiger partial charge in [-0.3, -0.25) is 4.79 Å². The lowest BCUT2D eigenvalue weighted by molar-refractivity contribution is -0.123. The first-order valence-corrected chi connectivity index (χ1v) is 11.1. The fourth-order valence-corrected chi connectivity index (χ4v) is 5.17. The molecule has 7 nitrogen and oxygen atoms in total. The Morgan fingerprint density at radius 2 is 1.97 bits per heavy atom. The van der Waals surface area contributed by atoms with Crippen LogP contribution in [-0.4, -0.2) is 43.9 Å². The molecule has 0 saturated carbocycles. The number of rotatable bonds is 2. The molecule has 1 amide bonds. The number of halogens is 3. The molecule has 0 spiro atoms. The van der Waals surface area contributed by atoms with Gasteiger partial charge < -0.3 is 10.2 Å². The number of carbonyl (C=O) groups is 1. The van der Waals surface area contributed by atoms with Gasteiger partial charge in [0.15, 0.2) is 15.7 Å². The molecule has 1 aromatic carbocycles. The zero-order valence-corrected chi connectivity index (χ0v) is 16.9. The van der Waals surface area contributed by atoms with E-state index in [-0.39, 0.29) is 45.4 Å². The van der Waals surface area contributed by atoms with Crippen LogP contribution >= 0.6 is 11.6 Å². The topological polar surface area (TPSA) is 92.3 Å². The first kappa shape index (κ1) is 20.0. The SMILES string of the molecule is CC1CN(c2nc(-c3cc(F)c(Cl)cc3F)nc3c2CS(=O)(=O)C3)CCNC1=O. The van der Waals surface area contributed by atoms with Crippen LogP contribution in [0.15, 0.2) is 12.1 Å². The van der Waals surface area contributed by atoms with Crippen molar-refractivity contribution in [2.45, 2.75) is 18.4 Å². The van der Waals surface area contributed by atoms with E-state index in [2.05, 4.69) is 15.3 Å². The first-order chi connectivity index (χ1) is 13.6. The third kappa shape index (κ3) is 3.78. The van der Waals surface area contributed by atoms with Gasteiger partial charge in [0.25, 0.3) is 0 Å². The zero-order chi connectivity index (χ0) is 20.9. The van der Waals surface area contributed by atoms with Gasteiger partial charge in [-0.2, -0.15) is 0 Å². The largest absolute Gasteiger partial charge is 0.354 e. The van der Waals surface area contributed by atoms with Crippen LogP contribution in [0.5, 0.6) is 0 Å². The molecule has 11 heteroatoms. The Morgan fingerprint density at radius 1 is 1.21 bits per heavy atom. The summed E-state index contributed by atoms with van der Waals surface area (Å²) in [5, 5.41) is 2.41. The molecule has 4 rings (SSSR count). The number of sulfone groups is 1. The van der Waals surface area contributed by atoms with Crippen molar-refractivity contribution >= 4 is 33.2 Å². The molecule has 2 aliphatic heterocycles. The highest BCUT2D eigenvalue weighted by Gasteiger charge is 2.34. The third-order valence-corrected chi connectivity index (χ3v) is 6.70. The summed E-state index contributed by atoms with van der Waals surface area (Å²) in [5.41, 5.74) is 0.485. The van der Waals surface area contributed by atoms with E-state index in [1.54, 1.807) is 11.8 Å². The fourth-order valence-electron chi connectivity index (χ4n) is 3.53. The van der Waals surface area contributed by atoms with Crippen molar-refractivity contribution in [1.29, 1.82) is 0 Å². The second-order valence-electron chi connectivity index (χ2n) is 7.21. The van der Waals surface area contributed by atoms with E-state index in [9.17, 15) is 22.0 Å². The number of hydrogen-bond acceptors (Lipinski definition) is 6. The standard InChI is InChI=1S/C18H17ClF2N4O3S/c1-9-6-25(3-2-22-18(9)26)17-11-7-29(27,28)8-15(11)23-16(24-17)10-4-14(21)12(19)5-13(10)20/h4-5,9H,2-3,6-8H2,1H3,(H,22,26). The second kappa shape index (κ2) is 7.17. The van der Waals surface area contributed by atoms with Gasteiger partial charge in [-0.1, -0.05) is 18.5 Å². The van der Waals surface area contributed by atoms with Crippen molar-refractivity contribution in [3.63, 3.8) is 0 Å². The summed E-state index contributed by atoms with van der Waals surface area (Å²) in [7, 11) is -3.42. The maximum atomic E-state index is 14.5. The highest BCUT2D eigenvalue weighted by Crippen LogP contribution is 2.35. The summed E-state index contributed by atoms with van der Waals surface area (Å²) in [4.78, 5) is 22.4. The maximum absolute atomic E-state index is 14.5. The summed E-state index contributed by atoms with van der Waals surface area (Å²) in [6, 6.07) is 1.72. The molecule has 154 valence electrons. The molecular weight excluding hydrogens is 426 g/mol. The number of nitrogens with one attached hydrogen (secondary N) is 1. The van der Waals surface area contributed by atoms with Gasteiger partial charge in [-0.05, 0) is 12.1 Å². The minimum absolute atomic E-state index is 0.114. The van der Waals surface area contributed by atoms with Crippen LogP contribution < -0.4 is 10.2 Å². The van der Waals surface area contributed by atoms with Crippen molar-refractivity contribution < 1.29 is 22.0 Å². The van der Waals surface area contributed by atoms with Gasteiger partial charge in [-0.25, -0.2) is 27.2 Å². The van der Waals surface area contributed by atoms with Crippen LogP contribution in [0.3, 0.4) is 0 Å². The lowest BCUT2D eigenvalue weighted by Gasteiger charge is -2.25. The number of benzene rings is 1. The van der Waals surface area contributed by atoms with Crippen molar-refractivity contribution in [1.82, 2.24) is 15.3 Å². The van der Waals surface area contributed by atoms with Gasteiger partial charge in [0, 0.05) is 25.2 Å². The normalized spacial score (nSPS) is 20.9. The first-order valence-electron chi connectivity index (χ1n) is 8.92. The lowest BCUT2D eigenvalue weighted by atomic mass is 10.1. The molecule has 3 heterocycles. The average Bonchev–Trinajstić information content (AvgIpc) is 2.86. The zero-order valence-electron chi connectivity index (χ0n) is 15.4. The summed E-state index contributed by atoms with van der Waals surface area (Å²) < 4.78 is 52.8. The van der Waals surface area contributed by atoms with Crippen molar-refractivity contribution in [3.05, 3.63) is 40.0 Å². The van der Waals surface area contributed by atoms with E-state index in [1.807, 2.05) is 0 Å². The summed E-state index contributed by atoms with van der Waals surface area (Å²) >= 11 is 5.62. The number of aromatic nitrogens is 2.